The number of hydrogen-bond donors (Lipinski definition) is 2. The topological polar surface area (TPSA) is 36.0 Å². The summed E-state index contributed by atoms with van der Waals surface area (Å²) in [6.07, 6.45) is 3.39. The van der Waals surface area contributed by atoms with Crippen LogP contribution in [0.3, 0.4) is 0 Å². The molecule has 0 spiro atoms. The monoisotopic (exact) mass is 319 g/mol. The average molecular weight is 319 g/mol. The third-order valence-electron chi connectivity index (χ3n) is 3.87. The molecule has 23 heavy (non-hydrogen) atoms. The normalized spacial score (nSPS) is 14.3. The van der Waals surface area contributed by atoms with Crippen LogP contribution in [0.25, 0.3) is 22.2 Å². The van der Waals surface area contributed by atoms with Gasteiger partial charge in [-0.1, -0.05) is 0 Å². The van der Waals surface area contributed by atoms with Crippen molar-refractivity contribution in [2.75, 3.05) is 0 Å². The summed E-state index contributed by atoms with van der Waals surface area (Å²) in [6, 6.07) is 9.50. The molecular formula is C18H16F3NO. The minimum atomic E-state index is -0.640. The quantitative estimate of drug-likeness (QED) is 0.665. The fourth-order valence-electron chi connectivity index (χ4n) is 2.34. The maximum atomic E-state index is 13.5. The van der Waals surface area contributed by atoms with Crippen molar-refractivity contribution in [3.05, 3.63) is 59.9 Å². The van der Waals surface area contributed by atoms with Gasteiger partial charge in [-0.15, -0.1) is 0 Å². The minimum Gasteiger partial charge on any atom is -0.393 e. The van der Waals surface area contributed by atoms with E-state index in [-0.39, 0.29) is 17.4 Å². The summed E-state index contributed by atoms with van der Waals surface area (Å²) < 4.78 is 39.4. The first-order chi connectivity index (χ1) is 11.0. The molecule has 2 N–H and O–H groups in total. The molecular weight excluding hydrogens is 303 g/mol. The molecule has 1 aromatic heterocycles. The lowest BCUT2D eigenvalue weighted by atomic mass is 9.97. The highest BCUT2D eigenvalue weighted by Gasteiger charge is 2.11. The van der Waals surface area contributed by atoms with Crippen LogP contribution in [-0.4, -0.2) is 16.2 Å². The van der Waals surface area contributed by atoms with Crippen LogP contribution in [0.1, 0.15) is 19.3 Å². The molecule has 4 rings (SSSR count). The third kappa shape index (κ3) is 3.56. The van der Waals surface area contributed by atoms with E-state index in [2.05, 4.69) is 4.98 Å². The van der Waals surface area contributed by atoms with Crippen LogP contribution in [0.15, 0.2) is 42.5 Å². The number of aromatic amines is 1. The maximum absolute atomic E-state index is 13.5. The van der Waals surface area contributed by atoms with Crippen molar-refractivity contribution >= 4 is 10.9 Å². The van der Waals surface area contributed by atoms with Gasteiger partial charge in [0.25, 0.3) is 0 Å². The van der Waals surface area contributed by atoms with Gasteiger partial charge >= 0.3 is 0 Å². The van der Waals surface area contributed by atoms with Crippen molar-refractivity contribution in [3.8, 4) is 11.3 Å². The Hall–Kier alpha value is -2.27. The Kier molecular flexibility index (Phi) is 4.39. The SMILES string of the molecule is Fc1ccc(-c2cc3cc(F)cc(F)c3[nH]2)cc1.OC1CCC1. The van der Waals surface area contributed by atoms with Crippen LogP contribution in [0, 0.1) is 17.5 Å². The summed E-state index contributed by atoms with van der Waals surface area (Å²) in [5, 5.41) is 8.90. The number of benzene rings is 2. The van der Waals surface area contributed by atoms with Crippen LogP contribution < -0.4 is 0 Å². The summed E-state index contributed by atoms with van der Waals surface area (Å²) in [7, 11) is 0. The van der Waals surface area contributed by atoms with Crippen molar-refractivity contribution in [2.24, 2.45) is 0 Å². The summed E-state index contributed by atoms with van der Waals surface area (Å²) >= 11 is 0. The largest absolute Gasteiger partial charge is 0.393 e. The van der Waals surface area contributed by atoms with E-state index in [0.717, 1.165) is 18.9 Å². The molecule has 1 heterocycles. The number of H-pyrrole nitrogens is 1. The lowest BCUT2D eigenvalue weighted by molar-refractivity contribution is 0.0950. The zero-order valence-electron chi connectivity index (χ0n) is 12.3. The van der Waals surface area contributed by atoms with E-state index in [4.69, 9.17) is 5.11 Å². The Morgan fingerprint density at radius 2 is 1.57 bits per heavy atom. The summed E-state index contributed by atoms with van der Waals surface area (Å²) in [4.78, 5) is 2.86. The minimum absolute atomic E-state index is 0.0648. The second-order valence-corrected chi connectivity index (χ2v) is 5.63. The van der Waals surface area contributed by atoms with E-state index in [1.807, 2.05) is 0 Å². The molecule has 1 aliphatic rings. The molecule has 3 aromatic rings. The number of aliphatic hydroxyl groups is 1. The van der Waals surface area contributed by atoms with Gasteiger partial charge in [0.15, 0.2) is 0 Å². The third-order valence-corrected chi connectivity index (χ3v) is 3.87. The number of fused-ring (bicyclic) bond motifs is 1. The zero-order valence-corrected chi connectivity index (χ0v) is 12.3. The van der Waals surface area contributed by atoms with Crippen molar-refractivity contribution in [2.45, 2.75) is 25.4 Å². The second kappa shape index (κ2) is 6.46. The van der Waals surface area contributed by atoms with Gasteiger partial charge in [-0.25, -0.2) is 13.2 Å². The highest BCUT2D eigenvalue weighted by molar-refractivity contribution is 5.86. The second-order valence-electron chi connectivity index (χ2n) is 5.63. The summed E-state index contributed by atoms with van der Waals surface area (Å²) in [5.74, 6) is -1.60. The van der Waals surface area contributed by atoms with Crippen LogP contribution in [0.5, 0.6) is 0 Å². The number of aliphatic hydroxyl groups excluding tert-OH is 1. The summed E-state index contributed by atoms with van der Waals surface area (Å²) in [6.45, 7) is 0. The number of aromatic nitrogens is 1. The molecule has 1 fully saturated rings. The molecule has 120 valence electrons. The molecule has 5 heteroatoms. The maximum Gasteiger partial charge on any atom is 0.150 e. The molecule has 0 aliphatic heterocycles. The number of rotatable bonds is 1. The van der Waals surface area contributed by atoms with Crippen LogP contribution >= 0.6 is 0 Å². The molecule has 1 saturated carbocycles. The fraction of sp³-hybridized carbons (Fsp3) is 0.222. The van der Waals surface area contributed by atoms with E-state index in [1.54, 1.807) is 18.2 Å². The van der Waals surface area contributed by atoms with Crippen molar-refractivity contribution in [1.29, 1.82) is 0 Å². The number of halogens is 3. The van der Waals surface area contributed by atoms with E-state index in [0.29, 0.717) is 16.6 Å². The van der Waals surface area contributed by atoms with Crippen molar-refractivity contribution in [1.82, 2.24) is 4.98 Å². The van der Waals surface area contributed by atoms with Gasteiger partial charge in [-0.2, -0.15) is 0 Å². The number of hydrogen-bond acceptors (Lipinski definition) is 1. The molecule has 2 nitrogen and oxygen atoms in total. The van der Waals surface area contributed by atoms with Gasteiger partial charge in [0.05, 0.1) is 11.6 Å². The van der Waals surface area contributed by atoms with E-state index in [1.165, 1.54) is 24.6 Å². The molecule has 0 saturated heterocycles. The standard InChI is InChI=1S/C14H8F3N.C4H8O/c15-10-3-1-8(2-4-10)13-6-9-5-11(16)7-12(17)14(9)18-13;5-4-2-1-3-4/h1-7,18H;4-5H,1-3H2. The van der Waals surface area contributed by atoms with E-state index >= 15 is 0 Å². The van der Waals surface area contributed by atoms with Gasteiger partial charge in [-0.3, -0.25) is 0 Å². The lowest BCUT2D eigenvalue weighted by Gasteiger charge is -2.17. The van der Waals surface area contributed by atoms with Gasteiger partial charge in [-0.05, 0) is 61.2 Å². The Morgan fingerprint density at radius 1 is 0.913 bits per heavy atom. The van der Waals surface area contributed by atoms with Crippen molar-refractivity contribution in [3.63, 3.8) is 0 Å². The van der Waals surface area contributed by atoms with Gasteiger partial charge in [0.1, 0.15) is 17.5 Å². The lowest BCUT2D eigenvalue weighted by Crippen LogP contribution is -2.15. The predicted molar refractivity (Wildman–Crippen MR) is 83.5 cm³/mol. The fourth-order valence-corrected chi connectivity index (χ4v) is 2.34. The first-order valence-electron chi connectivity index (χ1n) is 7.45. The Bertz CT molecular complexity index is 807. The Labute approximate surface area is 131 Å². The predicted octanol–water partition coefficient (Wildman–Crippen LogP) is 4.78. The molecule has 0 atom stereocenters. The Balaban J connectivity index is 0.000000267. The smallest absolute Gasteiger partial charge is 0.150 e. The van der Waals surface area contributed by atoms with Crippen molar-refractivity contribution < 1.29 is 18.3 Å². The van der Waals surface area contributed by atoms with E-state index in [9.17, 15) is 13.2 Å². The molecule has 1 aliphatic carbocycles. The first-order valence-corrected chi connectivity index (χ1v) is 7.45. The average Bonchev–Trinajstić information content (AvgIpc) is 2.91. The Morgan fingerprint density at radius 3 is 2.13 bits per heavy atom. The van der Waals surface area contributed by atoms with Crippen LogP contribution in [0.4, 0.5) is 13.2 Å². The van der Waals surface area contributed by atoms with Gasteiger partial charge < -0.3 is 10.1 Å². The highest BCUT2D eigenvalue weighted by Crippen LogP contribution is 2.26. The molecule has 2 aromatic carbocycles. The van der Waals surface area contributed by atoms with Crippen LogP contribution in [0.2, 0.25) is 0 Å². The summed E-state index contributed by atoms with van der Waals surface area (Å²) in [5.41, 5.74) is 1.58. The number of nitrogens with one attached hydrogen (secondary N) is 1. The van der Waals surface area contributed by atoms with E-state index < -0.39 is 11.6 Å². The van der Waals surface area contributed by atoms with Gasteiger partial charge in [0.2, 0.25) is 0 Å². The highest BCUT2D eigenvalue weighted by atomic mass is 19.1. The van der Waals surface area contributed by atoms with Crippen LogP contribution in [-0.2, 0) is 0 Å². The van der Waals surface area contributed by atoms with Gasteiger partial charge in [0, 0.05) is 17.1 Å². The molecule has 0 unspecified atom stereocenters. The molecule has 0 radical (unpaired) electrons. The first kappa shape index (κ1) is 15.6. The zero-order chi connectivity index (χ0) is 16.4. The molecule has 0 amide bonds. The molecule has 0 bridgehead atoms.